The topological polar surface area (TPSA) is 79.4 Å². The van der Waals surface area contributed by atoms with E-state index in [2.05, 4.69) is 32.1 Å². The molecule has 1 aliphatic heterocycles. The number of benzene rings is 1. The lowest BCUT2D eigenvalue weighted by Gasteiger charge is -2.30. The molecular formula is C19H23N5O2. The second-order valence-electron chi connectivity index (χ2n) is 5.93. The summed E-state index contributed by atoms with van der Waals surface area (Å²) in [5.74, 6) is 0.868. The standard InChI is InChI=1S/C19H23N5O2/c1-3-8-20-18-13-16(21-14(2)22-18)19(25)23-15-6-4-5-7-17(15)24-9-11-26-12-10-24/h3-7,13H,1,8-12H2,2H3,(H,23,25)(H,20,21,22). The Morgan fingerprint density at radius 1 is 1.31 bits per heavy atom. The number of aromatic nitrogens is 2. The van der Waals surface area contributed by atoms with Gasteiger partial charge in [-0.15, -0.1) is 6.58 Å². The minimum atomic E-state index is -0.266. The van der Waals surface area contributed by atoms with Crippen LogP contribution in [0.15, 0.2) is 43.0 Å². The Bertz CT molecular complexity index is 787. The molecule has 136 valence electrons. The van der Waals surface area contributed by atoms with Crippen molar-refractivity contribution >= 4 is 23.1 Å². The molecular weight excluding hydrogens is 330 g/mol. The van der Waals surface area contributed by atoms with E-state index in [1.54, 1.807) is 19.1 Å². The van der Waals surface area contributed by atoms with E-state index in [4.69, 9.17) is 4.74 Å². The third-order valence-electron chi connectivity index (χ3n) is 4.00. The Balaban J connectivity index is 1.80. The number of para-hydroxylation sites is 2. The zero-order valence-corrected chi connectivity index (χ0v) is 14.9. The summed E-state index contributed by atoms with van der Waals surface area (Å²) in [6.45, 7) is 8.97. The van der Waals surface area contributed by atoms with Crippen molar-refractivity contribution in [2.24, 2.45) is 0 Å². The Morgan fingerprint density at radius 2 is 2.08 bits per heavy atom. The molecule has 7 nitrogen and oxygen atoms in total. The number of nitrogens with one attached hydrogen (secondary N) is 2. The van der Waals surface area contributed by atoms with Crippen LogP contribution in [0.25, 0.3) is 0 Å². The quantitative estimate of drug-likeness (QED) is 0.777. The number of carbonyl (C=O) groups excluding carboxylic acids is 1. The number of hydrogen-bond acceptors (Lipinski definition) is 6. The lowest BCUT2D eigenvalue weighted by molar-refractivity contribution is 0.102. The van der Waals surface area contributed by atoms with Crippen LogP contribution in [0, 0.1) is 6.92 Å². The average Bonchev–Trinajstić information content (AvgIpc) is 2.67. The zero-order valence-electron chi connectivity index (χ0n) is 14.9. The molecule has 26 heavy (non-hydrogen) atoms. The van der Waals surface area contributed by atoms with E-state index in [1.807, 2.05) is 24.3 Å². The first kappa shape index (κ1) is 17.9. The number of ether oxygens (including phenoxy) is 1. The summed E-state index contributed by atoms with van der Waals surface area (Å²) in [4.78, 5) is 23.5. The fourth-order valence-electron chi connectivity index (χ4n) is 2.80. The Hall–Kier alpha value is -2.93. The van der Waals surface area contributed by atoms with E-state index in [0.29, 0.717) is 37.1 Å². The zero-order chi connectivity index (χ0) is 18.4. The second-order valence-corrected chi connectivity index (χ2v) is 5.93. The highest BCUT2D eigenvalue weighted by molar-refractivity contribution is 6.05. The van der Waals surface area contributed by atoms with Crippen LogP contribution in [0.4, 0.5) is 17.2 Å². The molecule has 1 aromatic heterocycles. The van der Waals surface area contributed by atoms with Crippen LogP contribution in [0.5, 0.6) is 0 Å². The van der Waals surface area contributed by atoms with Crippen molar-refractivity contribution in [3.8, 4) is 0 Å². The average molecular weight is 353 g/mol. The molecule has 0 atom stereocenters. The van der Waals surface area contributed by atoms with Crippen LogP contribution >= 0.6 is 0 Å². The van der Waals surface area contributed by atoms with E-state index in [1.165, 1.54) is 0 Å². The highest BCUT2D eigenvalue weighted by Crippen LogP contribution is 2.26. The monoisotopic (exact) mass is 353 g/mol. The molecule has 0 aliphatic carbocycles. The molecule has 1 aromatic carbocycles. The number of carbonyl (C=O) groups is 1. The van der Waals surface area contributed by atoms with E-state index in [-0.39, 0.29) is 5.91 Å². The van der Waals surface area contributed by atoms with Gasteiger partial charge in [0.1, 0.15) is 17.3 Å². The van der Waals surface area contributed by atoms with Crippen LogP contribution in [0.2, 0.25) is 0 Å². The fourth-order valence-corrected chi connectivity index (χ4v) is 2.80. The molecule has 1 saturated heterocycles. The normalized spacial score (nSPS) is 14.0. The summed E-state index contributed by atoms with van der Waals surface area (Å²) < 4.78 is 5.41. The summed E-state index contributed by atoms with van der Waals surface area (Å²) in [6, 6.07) is 9.41. The molecule has 1 amide bonds. The Morgan fingerprint density at radius 3 is 2.85 bits per heavy atom. The van der Waals surface area contributed by atoms with Gasteiger partial charge in [-0.1, -0.05) is 18.2 Å². The summed E-state index contributed by atoms with van der Waals surface area (Å²) in [5, 5.41) is 6.06. The maximum atomic E-state index is 12.7. The smallest absolute Gasteiger partial charge is 0.274 e. The van der Waals surface area contributed by atoms with Gasteiger partial charge in [-0.2, -0.15) is 0 Å². The molecule has 7 heteroatoms. The molecule has 0 radical (unpaired) electrons. The van der Waals surface area contributed by atoms with Gasteiger partial charge in [-0.3, -0.25) is 4.79 Å². The molecule has 1 fully saturated rings. The van der Waals surface area contributed by atoms with Crippen LogP contribution < -0.4 is 15.5 Å². The van der Waals surface area contributed by atoms with Crippen LogP contribution in [0.3, 0.4) is 0 Å². The molecule has 3 rings (SSSR count). The van der Waals surface area contributed by atoms with Gasteiger partial charge in [0.15, 0.2) is 0 Å². The molecule has 0 unspecified atom stereocenters. The summed E-state index contributed by atoms with van der Waals surface area (Å²) in [5.41, 5.74) is 2.07. The molecule has 2 aromatic rings. The summed E-state index contributed by atoms with van der Waals surface area (Å²) >= 11 is 0. The largest absolute Gasteiger partial charge is 0.378 e. The predicted molar refractivity (Wildman–Crippen MR) is 103 cm³/mol. The minimum absolute atomic E-state index is 0.266. The third kappa shape index (κ3) is 4.37. The molecule has 1 aliphatic rings. The molecule has 0 saturated carbocycles. The van der Waals surface area contributed by atoms with Crippen molar-refractivity contribution in [2.75, 3.05) is 48.4 Å². The van der Waals surface area contributed by atoms with Crippen LogP contribution in [-0.2, 0) is 4.74 Å². The maximum Gasteiger partial charge on any atom is 0.274 e. The number of morpholine rings is 1. The van der Waals surface area contributed by atoms with E-state index < -0.39 is 0 Å². The number of aryl methyl sites for hydroxylation is 1. The van der Waals surface area contributed by atoms with Crippen molar-refractivity contribution in [3.05, 3.63) is 54.5 Å². The molecule has 0 bridgehead atoms. The number of nitrogens with zero attached hydrogens (tertiary/aromatic N) is 3. The first-order valence-electron chi connectivity index (χ1n) is 8.61. The number of rotatable bonds is 6. The van der Waals surface area contributed by atoms with E-state index >= 15 is 0 Å². The maximum absolute atomic E-state index is 12.7. The lowest BCUT2D eigenvalue weighted by Crippen LogP contribution is -2.36. The van der Waals surface area contributed by atoms with Crippen molar-refractivity contribution in [1.29, 1.82) is 0 Å². The van der Waals surface area contributed by atoms with Crippen molar-refractivity contribution in [3.63, 3.8) is 0 Å². The number of amides is 1. The second kappa shape index (κ2) is 8.44. The molecule has 0 spiro atoms. The van der Waals surface area contributed by atoms with E-state index in [9.17, 15) is 4.79 Å². The highest BCUT2D eigenvalue weighted by Gasteiger charge is 2.17. The molecule has 2 N–H and O–H groups in total. The van der Waals surface area contributed by atoms with Gasteiger partial charge in [0.25, 0.3) is 5.91 Å². The van der Waals surface area contributed by atoms with Gasteiger partial charge in [0.2, 0.25) is 0 Å². The van der Waals surface area contributed by atoms with Gasteiger partial charge >= 0.3 is 0 Å². The Kier molecular flexibility index (Phi) is 5.80. The van der Waals surface area contributed by atoms with Gasteiger partial charge < -0.3 is 20.3 Å². The minimum Gasteiger partial charge on any atom is -0.378 e. The van der Waals surface area contributed by atoms with Gasteiger partial charge in [-0.05, 0) is 19.1 Å². The third-order valence-corrected chi connectivity index (χ3v) is 4.00. The van der Waals surface area contributed by atoms with Crippen molar-refractivity contribution in [2.45, 2.75) is 6.92 Å². The molecule has 2 heterocycles. The SMILES string of the molecule is C=CCNc1cc(C(=O)Nc2ccccc2N2CCOCC2)nc(C)n1. The van der Waals surface area contributed by atoms with Gasteiger partial charge in [-0.25, -0.2) is 9.97 Å². The van der Waals surface area contributed by atoms with Crippen LogP contribution in [0.1, 0.15) is 16.3 Å². The summed E-state index contributed by atoms with van der Waals surface area (Å²) in [7, 11) is 0. The van der Waals surface area contributed by atoms with E-state index in [0.717, 1.165) is 24.5 Å². The Labute approximate surface area is 153 Å². The van der Waals surface area contributed by atoms with Crippen molar-refractivity contribution < 1.29 is 9.53 Å². The first-order chi connectivity index (χ1) is 12.7. The highest BCUT2D eigenvalue weighted by atomic mass is 16.5. The van der Waals surface area contributed by atoms with Gasteiger partial charge in [0, 0.05) is 25.7 Å². The lowest BCUT2D eigenvalue weighted by atomic mass is 10.2. The number of anilines is 3. The van der Waals surface area contributed by atoms with Gasteiger partial charge in [0.05, 0.1) is 24.6 Å². The summed E-state index contributed by atoms with van der Waals surface area (Å²) in [6.07, 6.45) is 1.73. The first-order valence-corrected chi connectivity index (χ1v) is 8.61. The number of hydrogen-bond donors (Lipinski definition) is 2. The fraction of sp³-hybridized carbons (Fsp3) is 0.316. The van der Waals surface area contributed by atoms with Crippen LogP contribution in [-0.4, -0.2) is 48.7 Å². The predicted octanol–water partition coefficient (Wildman–Crippen LogP) is 2.47. The van der Waals surface area contributed by atoms with Crippen molar-refractivity contribution in [1.82, 2.24) is 9.97 Å².